The third-order valence-corrected chi connectivity index (χ3v) is 5.28. The van der Waals surface area contributed by atoms with Crippen LogP contribution in [0.5, 0.6) is 0 Å². The van der Waals surface area contributed by atoms with Crippen LogP contribution >= 0.6 is 0 Å². The number of aryl methyl sites for hydroxylation is 1. The van der Waals surface area contributed by atoms with Crippen LogP contribution in [-0.2, 0) is 19.6 Å². The summed E-state index contributed by atoms with van der Waals surface area (Å²) in [5.41, 5.74) is 0.682. The van der Waals surface area contributed by atoms with Gasteiger partial charge in [0.25, 0.3) is 0 Å². The molecular formula is C14H19NO4S. The zero-order valence-electron chi connectivity index (χ0n) is 11.7. The summed E-state index contributed by atoms with van der Waals surface area (Å²) in [4.78, 5) is 11.9. The number of hydrogen-bond acceptors (Lipinski definition) is 4. The Hall–Kier alpha value is -1.40. The summed E-state index contributed by atoms with van der Waals surface area (Å²) in [6, 6.07) is 6.73. The van der Waals surface area contributed by atoms with E-state index < -0.39 is 16.0 Å². The molecule has 0 atom stereocenters. The zero-order valence-corrected chi connectivity index (χ0v) is 12.5. The first-order chi connectivity index (χ1) is 9.46. The topological polar surface area (TPSA) is 63.7 Å². The van der Waals surface area contributed by atoms with Crippen molar-refractivity contribution in [2.45, 2.75) is 37.6 Å². The fourth-order valence-corrected chi connectivity index (χ4v) is 3.94. The Bertz CT molecular complexity index is 593. The third-order valence-electron chi connectivity index (χ3n) is 3.22. The highest BCUT2D eigenvalue weighted by molar-refractivity contribution is 7.89. The summed E-state index contributed by atoms with van der Waals surface area (Å²) in [7, 11) is -3.65. The fourth-order valence-electron chi connectivity index (χ4n) is 2.08. The molecule has 1 fully saturated rings. The molecule has 2 rings (SSSR count). The highest BCUT2D eigenvalue weighted by Gasteiger charge is 2.40. The lowest BCUT2D eigenvalue weighted by Gasteiger charge is -2.21. The molecule has 1 aromatic rings. The van der Waals surface area contributed by atoms with E-state index in [2.05, 4.69) is 0 Å². The highest BCUT2D eigenvalue weighted by atomic mass is 32.2. The van der Waals surface area contributed by atoms with E-state index >= 15 is 0 Å². The number of benzene rings is 1. The van der Waals surface area contributed by atoms with E-state index in [4.69, 9.17) is 4.74 Å². The Morgan fingerprint density at radius 1 is 1.35 bits per heavy atom. The molecule has 0 unspecified atom stereocenters. The number of ether oxygens (including phenoxy) is 1. The molecule has 1 aliphatic carbocycles. The fraction of sp³-hybridized carbons (Fsp3) is 0.500. The van der Waals surface area contributed by atoms with Gasteiger partial charge in [-0.1, -0.05) is 18.2 Å². The van der Waals surface area contributed by atoms with Crippen molar-refractivity contribution in [3.63, 3.8) is 0 Å². The van der Waals surface area contributed by atoms with Crippen LogP contribution < -0.4 is 0 Å². The second-order valence-corrected chi connectivity index (χ2v) is 6.71. The number of carbonyl (C=O) groups is 1. The Morgan fingerprint density at radius 2 is 2.00 bits per heavy atom. The van der Waals surface area contributed by atoms with Gasteiger partial charge in [-0.15, -0.1) is 0 Å². The van der Waals surface area contributed by atoms with E-state index in [1.807, 2.05) is 0 Å². The van der Waals surface area contributed by atoms with Crippen molar-refractivity contribution in [3.05, 3.63) is 29.8 Å². The summed E-state index contributed by atoms with van der Waals surface area (Å²) >= 11 is 0. The molecular weight excluding hydrogens is 278 g/mol. The largest absolute Gasteiger partial charge is 0.465 e. The lowest BCUT2D eigenvalue weighted by Crippen LogP contribution is -2.38. The predicted octanol–water partition coefficient (Wildman–Crippen LogP) is 1.71. The maximum Gasteiger partial charge on any atom is 0.321 e. The van der Waals surface area contributed by atoms with Crippen molar-refractivity contribution in [1.29, 1.82) is 0 Å². The first-order valence-corrected chi connectivity index (χ1v) is 8.14. The van der Waals surface area contributed by atoms with Crippen LogP contribution in [0.4, 0.5) is 0 Å². The van der Waals surface area contributed by atoms with Gasteiger partial charge in [-0.3, -0.25) is 4.79 Å². The Morgan fingerprint density at radius 3 is 2.55 bits per heavy atom. The molecule has 0 amide bonds. The van der Waals surface area contributed by atoms with Crippen LogP contribution in [0.1, 0.15) is 25.3 Å². The van der Waals surface area contributed by atoms with Gasteiger partial charge < -0.3 is 4.74 Å². The Kier molecular flexibility index (Phi) is 4.45. The lowest BCUT2D eigenvalue weighted by atomic mass is 10.2. The minimum atomic E-state index is -3.65. The van der Waals surface area contributed by atoms with Gasteiger partial charge in [-0.25, -0.2) is 8.42 Å². The van der Waals surface area contributed by atoms with Gasteiger partial charge in [0.05, 0.1) is 11.5 Å². The maximum atomic E-state index is 12.7. The zero-order chi connectivity index (χ0) is 14.8. The second kappa shape index (κ2) is 5.93. The Labute approximate surface area is 119 Å². The predicted molar refractivity (Wildman–Crippen MR) is 74.7 cm³/mol. The van der Waals surface area contributed by atoms with Gasteiger partial charge in [-0.2, -0.15) is 4.31 Å². The van der Waals surface area contributed by atoms with Crippen LogP contribution in [-0.4, -0.2) is 37.9 Å². The molecule has 0 aliphatic heterocycles. The van der Waals surface area contributed by atoms with E-state index in [1.54, 1.807) is 38.1 Å². The lowest BCUT2D eigenvalue weighted by molar-refractivity contribution is -0.143. The van der Waals surface area contributed by atoms with E-state index in [-0.39, 0.29) is 24.1 Å². The molecule has 110 valence electrons. The number of nitrogens with zero attached hydrogens (tertiary/aromatic N) is 1. The van der Waals surface area contributed by atoms with E-state index in [1.165, 1.54) is 4.31 Å². The van der Waals surface area contributed by atoms with Gasteiger partial charge >= 0.3 is 5.97 Å². The van der Waals surface area contributed by atoms with Gasteiger partial charge in [-0.05, 0) is 38.3 Å². The average Bonchev–Trinajstić information content (AvgIpc) is 3.20. The average molecular weight is 297 g/mol. The molecule has 0 heterocycles. The van der Waals surface area contributed by atoms with Crippen molar-refractivity contribution in [3.8, 4) is 0 Å². The summed E-state index contributed by atoms with van der Waals surface area (Å²) in [5, 5.41) is 0. The first kappa shape index (κ1) is 15.0. The van der Waals surface area contributed by atoms with E-state index in [0.717, 1.165) is 12.8 Å². The van der Waals surface area contributed by atoms with Crippen LogP contribution in [0.2, 0.25) is 0 Å². The summed E-state index contributed by atoms with van der Waals surface area (Å²) in [6.07, 6.45) is 1.59. The van der Waals surface area contributed by atoms with Crippen molar-refractivity contribution in [2.75, 3.05) is 13.2 Å². The monoisotopic (exact) mass is 297 g/mol. The van der Waals surface area contributed by atoms with E-state index in [0.29, 0.717) is 5.56 Å². The van der Waals surface area contributed by atoms with Crippen molar-refractivity contribution >= 4 is 16.0 Å². The van der Waals surface area contributed by atoms with Gasteiger partial charge in [0.15, 0.2) is 0 Å². The van der Waals surface area contributed by atoms with Gasteiger partial charge in [0, 0.05) is 6.04 Å². The Balaban J connectivity index is 2.29. The standard InChI is InChI=1S/C14H19NO4S/c1-3-19-14(16)10-15(12-8-9-12)20(17,18)13-7-5-4-6-11(13)2/h4-7,12H,3,8-10H2,1-2H3. The second-order valence-electron chi connectivity index (χ2n) is 4.85. The van der Waals surface area contributed by atoms with Crippen molar-refractivity contribution < 1.29 is 17.9 Å². The molecule has 1 aliphatic rings. The molecule has 1 aromatic carbocycles. The third kappa shape index (κ3) is 3.19. The number of carbonyl (C=O) groups excluding carboxylic acids is 1. The maximum absolute atomic E-state index is 12.7. The quantitative estimate of drug-likeness (QED) is 0.750. The smallest absolute Gasteiger partial charge is 0.321 e. The van der Waals surface area contributed by atoms with Crippen LogP contribution in [0.25, 0.3) is 0 Å². The van der Waals surface area contributed by atoms with Crippen molar-refractivity contribution in [2.24, 2.45) is 0 Å². The molecule has 0 aromatic heterocycles. The molecule has 1 saturated carbocycles. The van der Waals surface area contributed by atoms with Crippen molar-refractivity contribution in [1.82, 2.24) is 4.31 Å². The normalized spacial score (nSPS) is 15.3. The molecule has 0 spiro atoms. The number of sulfonamides is 1. The minimum absolute atomic E-state index is 0.0796. The highest BCUT2D eigenvalue weighted by Crippen LogP contribution is 2.32. The first-order valence-electron chi connectivity index (χ1n) is 6.70. The number of rotatable bonds is 6. The molecule has 0 bridgehead atoms. The minimum Gasteiger partial charge on any atom is -0.465 e. The molecule has 0 radical (unpaired) electrons. The van der Waals surface area contributed by atoms with Crippen LogP contribution in [0.3, 0.4) is 0 Å². The number of hydrogen-bond donors (Lipinski definition) is 0. The molecule has 0 N–H and O–H groups in total. The summed E-state index contributed by atoms with van der Waals surface area (Å²) < 4.78 is 31.5. The van der Waals surface area contributed by atoms with Crippen LogP contribution in [0.15, 0.2) is 29.2 Å². The molecule has 5 nitrogen and oxygen atoms in total. The molecule has 6 heteroatoms. The molecule has 20 heavy (non-hydrogen) atoms. The van der Waals surface area contributed by atoms with Gasteiger partial charge in [0.2, 0.25) is 10.0 Å². The summed E-state index contributed by atoms with van der Waals surface area (Å²) in [6.45, 7) is 3.49. The van der Waals surface area contributed by atoms with Crippen LogP contribution in [0, 0.1) is 6.92 Å². The molecule has 0 saturated heterocycles. The number of esters is 1. The summed E-state index contributed by atoms with van der Waals surface area (Å²) in [5.74, 6) is -0.503. The SMILES string of the molecule is CCOC(=O)CN(C1CC1)S(=O)(=O)c1ccccc1C. The van der Waals surface area contributed by atoms with E-state index in [9.17, 15) is 13.2 Å². The van der Waals surface area contributed by atoms with Gasteiger partial charge in [0.1, 0.15) is 6.54 Å².